The van der Waals surface area contributed by atoms with Crippen LogP contribution in [0.5, 0.6) is 0 Å². The smallest absolute Gasteiger partial charge is 0.320 e. The molecule has 0 aliphatic carbocycles. The summed E-state index contributed by atoms with van der Waals surface area (Å²) in [5.41, 5.74) is 7.02. The van der Waals surface area contributed by atoms with Crippen molar-refractivity contribution in [2.24, 2.45) is 5.73 Å². The first kappa shape index (κ1) is 20.5. The average molecular weight is 407 g/mol. The maximum Gasteiger partial charge on any atom is 0.320 e. The van der Waals surface area contributed by atoms with Gasteiger partial charge in [-0.2, -0.15) is 11.8 Å². The molecule has 1 aromatic carbocycles. The highest BCUT2D eigenvalue weighted by molar-refractivity contribution is 8.00. The normalized spacial score (nSPS) is 24.2. The third kappa shape index (κ3) is 5.39. The predicted octanol–water partition coefficient (Wildman–Crippen LogP) is 1.31. The first-order valence-electron chi connectivity index (χ1n) is 9.48. The first-order valence-corrected chi connectivity index (χ1v) is 10.5. The minimum absolute atomic E-state index is 0.0391. The van der Waals surface area contributed by atoms with Crippen molar-refractivity contribution < 1.29 is 19.5 Å². The number of aliphatic carboxylic acids is 1. The number of urea groups is 1. The van der Waals surface area contributed by atoms with Gasteiger partial charge in [0.1, 0.15) is 6.04 Å². The molecule has 2 aliphatic rings. The monoisotopic (exact) mass is 406 g/mol. The SMILES string of the molecule is N[C@@H](Cc1ccc(NC(=O)CCCC[C@@H]2SC[C@@H]3NC(=O)N[C@@H]32)cc1)C(=O)O. The van der Waals surface area contributed by atoms with Crippen LogP contribution in [0.3, 0.4) is 0 Å². The van der Waals surface area contributed by atoms with Crippen LogP contribution in [0.2, 0.25) is 0 Å². The highest BCUT2D eigenvalue weighted by Gasteiger charge is 2.42. The molecule has 28 heavy (non-hydrogen) atoms. The van der Waals surface area contributed by atoms with Gasteiger partial charge < -0.3 is 26.8 Å². The van der Waals surface area contributed by atoms with Gasteiger partial charge in [-0.15, -0.1) is 0 Å². The Morgan fingerprint density at radius 1 is 1.25 bits per heavy atom. The molecule has 9 heteroatoms. The molecule has 8 nitrogen and oxygen atoms in total. The van der Waals surface area contributed by atoms with E-state index in [0.717, 1.165) is 30.6 Å². The molecule has 0 spiro atoms. The van der Waals surface area contributed by atoms with E-state index in [1.165, 1.54) is 0 Å². The lowest BCUT2D eigenvalue weighted by molar-refractivity contribution is -0.138. The van der Waals surface area contributed by atoms with Gasteiger partial charge in [0.05, 0.1) is 12.1 Å². The number of anilines is 1. The number of amides is 3. The summed E-state index contributed by atoms with van der Waals surface area (Å²) in [5.74, 6) is -0.125. The van der Waals surface area contributed by atoms with Crippen LogP contribution >= 0.6 is 11.8 Å². The second-order valence-electron chi connectivity index (χ2n) is 7.26. The fourth-order valence-electron chi connectivity index (χ4n) is 3.56. The molecule has 0 unspecified atom stereocenters. The van der Waals surface area contributed by atoms with Crippen molar-refractivity contribution in [2.45, 2.75) is 55.5 Å². The van der Waals surface area contributed by atoms with E-state index in [-0.39, 0.29) is 30.4 Å². The van der Waals surface area contributed by atoms with E-state index in [9.17, 15) is 14.4 Å². The van der Waals surface area contributed by atoms with E-state index < -0.39 is 12.0 Å². The summed E-state index contributed by atoms with van der Waals surface area (Å²) >= 11 is 1.88. The quantitative estimate of drug-likeness (QED) is 0.310. The van der Waals surface area contributed by atoms with Gasteiger partial charge in [-0.05, 0) is 37.0 Å². The zero-order valence-electron chi connectivity index (χ0n) is 15.5. The molecular weight excluding hydrogens is 380 g/mol. The molecule has 3 rings (SSSR count). The molecule has 0 saturated carbocycles. The van der Waals surface area contributed by atoms with Crippen LogP contribution in [-0.2, 0) is 16.0 Å². The van der Waals surface area contributed by atoms with E-state index in [1.54, 1.807) is 24.3 Å². The number of nitrogens with two attached hydrogens (primary N) is 1. The van der Waals surface area contributed by atoms with Crippen molar-refractivity contribution in [2.75, 3.05) is 11.1 Å². The fraction of sp³-hybridized carbons (Fsp3) is 0.526. The maximum atomic E-state index is 12.1. The van der Waals surface area contributed by atoms with Crippen LogP contribution in [0.15, 0.2) is 24.3 Å². The number of unbranched alkanes of at least 4 members (excludes halogenated alkanes) is 1. The van der Waals surface area contributed by atoms with Gasteiger partial charge >= 0.3 is 12.0 Å². The Bertz CT molecular complexity index is 727. The number of carboxylic acids is 1. The zero-order chi connectivity index (χ0) is 20.1. The highest BCUT2D eigenvalue weighted by atomic mass is 32.2. The lowest BCUT2D eigenvalue weighted by Crippen LogP contribution is -2.36. The molecule has 2 aliphatic heterocycles. The summed E-state index contributed by atoms with van der Waals surface area (Å²) in [4.78, 5) is 34.3. The molecule has 2 fully saturated rings. The van der Waals surface area contributed by atoms with Crippen molar-refractivity contribution in [3.63, 3.8) is 0 Å². The number of carboxylic acid groups (broad SMARTS) is 1. The second kappa shape index (κ2) is 9.29. The van der Waals surface area contributed by atoms with Gasteiger partial charge in [0.15, 0.2) is 0 Å². The number of hydrogen-bond acceptors (Lipinski definition) is 5. The summed E-state index contributed by atoms with van der Waals surface area (Å²) in [5, 5.41) is 18.0. The van der Waals surface area contributed by atoms with Crippen LogP contribution in [0.4, 0.5) is 10.5 Å². The summed E-state index contributed by atoms with van der Waals surface area (Å²) in [6.45, 7) is 0. The minimum Gasteiger partial charge on any atom is -0.480 e. The molecule has 6 N–H and O–H groups in total. The van der Waals surface area contributed by atoms with Crippen LogP contribution in [0.25, 0.3) is 0 Å². The van der Waals surface area contributed by atoms with Gasteiger partial charge in [-0.3, -0.25) is 9.59 Å². The third-order valence-electron chi connectivity index (χ3n) is 5.09. The zero-order valence-corrected chi connectivity index (χ0v) is 16.3. The first-order chi connectivity index (χ1) is 13.4. The number of thioether (sulfide) groups is 1. The Labute approximate surface area is 168 Å². The van der Waals surface area contributed by atoms with Gasteiger partial charge in [0.25, 0.3) is 0 Å². The Balaban J connectivity index is 1.34. The highest BCUT2D eigenvalue weighted by Crippen LogP contribution is 2.33. The van der Waals surface area contributed by atoms with Crippen LogP contribution in [0, 0.1) is 0 Å². The summed E-state index contributed by atoms with van der Waals surface area (Å²) in [6, 6.07) is 6.50. The fourth-order valence-corrected chi connectivity index (χ4v) is 5.11. The van der Waals surface area contributed by atoms with Crippen molar-refractivity contribution in [3.8, 4) is 0 Å². The third-order valence-corrected chi connectivity index (χ3v) is 6.60. The number of carbonyl (C=O) groups is 3. The topological polar surface area (TPSA) is 134 Å². The number of nitrogens with one attached hydrogen (secondary N) is 3. The largest absolute Gasteiger partial charge is 0.480 e. The summed E-state index contributed by atoms with van der Waals surface area (Å²) in [6.07, 6.45) is 3.42. The standard InChI is InChI=1S/C19H26N4O4S/c20-13(18(25)26)9-11-5-7-12(8-6-11)21-16(24)4-2-1-3-15-17-14(10-28-15)22-19(27)23-17/h5-8,13-15,17H,1-4,9-10,20H2,(H,21,24)(H,25,26)(H2,22,23,27)/t13-,14-,15-,17-/m0/s1. The Hall–Kier alpha value is -2.26. The number of benzene rings is 1. The Kier molecular flexibility index (Phi) is 6.79. The lowest BCUT2D eigenvalue weighted by Gasteiger charge is -2.16. The van der Waals surface area contributed by atoms with E-state index in [2.05, 4.69) is 16.0 Å². The molecule has 0 aromatic heterocycles. The van der Waals surface area contributed by atoms with Gasteiger partial charge in [-0.1, -0.05) is 18.6 Å². The Morgan fingerprint density at radius 3 is 2.71 bits per heavy atom. The maximum absolute atomic E-state index is 12.1. The number of hydrogen-bond donors (Lipinski definition) is 5. The Morgan fingerprint density at radius 2 is 2.00 bits per heavy atom. The van der Waals surface area contributed by atoms with Crippen molar-refractivity contribution >= 4 is 35.4 Å². The summed E-state index contributed by atoms with van der Waals surface area (Å²) in [7, 11) is 0. The van der Waals surface area contributed by atoms with Gasteiger partial charge in [0.2, 0.25) is 5.91 Å². The second-order valence-corrected chi connectivity index (χ2v) is 8.53. The molecule has 2 saturated heterocycles. The molecule has 0 bridgehead atoms. The predicted molar refractivity (Wildman–Crippen MR) is 108 cm³/mol. The molecule has 4 atom stereocenters. The molecule has 2 heterocycles. The van der Waals surface area contributed by atoms with E-state index in [0.29, 0.717) is 17.4 Å². The van der Waals surface area contributed by atoms with E-state index in [4.69, 9.17) is 10.8 Å². The number of carbonyl (C=O) groups excluding carboxylic acids is 2. The van der Waals surface area contributed by atoms with Gasteiger partial charge in [-0.25, -0.2) is 4.79 Å². The number of rotatable bonds is 9. The van der Waals surface area contributed by atoms with Gasteiger partial charge in [0, 0.05) is 23.1 Å². The van der Waals surface area contributed by atoms with Crippen LogP contribution in [-0.4, -0.2) is 52.1 Å². The lowest BCUT2D eigenvalue weighted by atomic mass is 10.0. The van der Waals surface area contributed by atoms with Crippen LogP contribution in [0.1, 0.15) is 31.2 Å². The summed E-state index contributed by atoms with van der Waals surface area (Å²) < 4.78 is 0. The van der Waals surface area contributed by atoms with Crippen LogP contribution < -0.4 is 21.7 Å². The van der Waals surface area contributed by atoms with E-state index in [1.807, 2.05) is 11.8 Å². The molecule has 0 radical (unpaired) electrons. The molecule has 1 aromatic rings. The van der Waals surface area contributed by atoms with Crippen molar-refractivity contribution in [1.82, 2.24) is 10.6 Å². The average Bonchev–Trinajstić information content (AvgIpc) is 3.19. The van der Waals surface area contributed by atoms with Crippen molar-refractivity contribution in [1.29, 1.82) is 0 Å². The van der Waals surface area contributed by atoms with Crippen molar-refractivity contribution in [3.05, 3.63) is 29.8 Å². The number of fused-ring (bicyclic) bond motifs is 1. The van der Waals surface area contributed by atoms with E-state index >= 15 is 0 Å². The molecule has 152 valence electrons. The minimum atomic E-state index is -1.03. The molecule has 3 amide bonds. The molecular formula is C19H26N4O4S.